The minimum absolute atomic E-state index is 1.13. The maximum Gasteiger partial charge on any atom is 0.00484 e. The minimum atomic E-state index is 1.13. The van der Waals surface area contributed by atoms with Gasteiger partial charge in [0.25, 0.3) is 0 Å². The molecule has 0 fully saturated rings. The van der Waals surface area contributed by atoms with Crippen molar-refractivity contribution in [2.75, 3.05) is 0 Å². The second-order valence-electron chi connectivity index (χ2n) is 2.46. The van der Waals surface area contributed by atoms with Crippen LogP contribution in [0.2, 0.25) is 0 Å². The molecule has 0 aliphatic heterocycles. The van der Waals surface area contributed by atoms with Crippen molar-refractivity contribution in [3.63, 3.8) is 0 Å². The van der Waals surface area contributed by atoms with Gasteiger partial charge in [-0.3, -0.25) is 0 Å². The lowest BCUT2D eigenvalue weighted by atomic mass is 10.2. The zero-order valence-corrected chi connectivity index (χ0v) is 9.11. The Balaban J connectivity index is 0.000000292. The minimum Gasteiger partial charge on any atom is -0.0991 e. The van der Waals surface area contributed by atoms with Crippen LogP contribution >= 0.6 is 11.6 Å². The van der Waals surface area contributed by atoms with Crippen LogP contribution in [0.25, 0.3) is 6.08 Å². The van der Waals surface area contributed by atoms with Gasteiger partial charge in [-0.15, -0.1) is 0 Å². The molecule has 0 bridgehead atoms. The normalized spacial score (nSPS) is 9.86. The molecule has 0 aliphatic carbocycles. The predicted molar refractivity (Wildman–Crippen MR) is 66.3 cm³/mol. The molecule has 0 radical (unpaired) electrons. The monoisotopic (exact) mass is 206 g/mol. The summed E-state index contributed by atoms with van der Waals surface area (Å²) in [4.78, 5) is 0. The van der Waals surface area contributed by atoms with Crippen LogP contribution in [0.5, 0.6) is 0 Å². The number of allylic oxidation sites excluding steroid dienone is 3. The highest BCUT2D eigenvalue weighted by Crippen LogP contribution is 2.00. The molecule has 0 saturated heterocycles. The zero-order chi connectivity index (χ0) is 10.6. The van der Waals surface area contributed by atoms with Crippen LogP contribution in [0, 0.1) is 0 Å². The van der Waals surface area contributed by atoms with Gasteiger partial charge in [-0.05, 0) is 18.6 Å². The van der Waals surface area contributed by atoms with Crippen molar-refractivity contribution in [2.45, 2.75) is 6.92 Å². The van der Waals surface area contributed by atoms with E-state index >= 15 is 0 Å². The molecule has 0 aliphatic rings. The van der Waals surface area contributed by atoms with Crippen LogP contribution < -0.4 is 0 Å². The first-order valence-electron chi connectivity index (χ1n) is 4.40. The smallest absolute Gasteiger partial charge is 0.00484 e. The summed E-state index contributed by atoms with van der Waals surface area (Å²) in [7, 11) is 0. The Hall–Kier alpha value is -1.27. The van der Waals surface area contributed by atoms with E-state index in [0.717, 1.165) is 5.56 Å². The molecule has 0 amide bonds. The van der Waals surface area contributed by atoms with Gasteiger partial charge in [0, 0.05) is 5.54 Å². The summed E-state index contributed by atoms with van der Waals surface area (Å²) in [5.74, 6) is 0. The fraction of sp³-hybridized carbons (Fsp3) is 0.0769. The molecular formula is C13H15Cl. The zero-order valence-electron chi connectivity index (χ0n) is 8.36. The molecular weight excluding hydrogens is 192 g/mol. The molecule has 0 N–H and O–H groups in total. The molecule has 1 rings (SSSR count). The van der Waals surface area contributed by atoms with Gasteiger partial charge in [0.1, 0.15) is 0 Å². The Morgan fingerprint density at radius 1 is 1.21 bits per heavy atom. The Morgan fingerprint density at radius 2 is 1.86 bits per heavy atom. The largest absolute Gasteiger partial charge is 0.0991 e. The second kappa shape index (κ2) is 9.82. The van der Waals surface area contributed by atoms with Gasteiger partial charge >= 0.3 is 0 Å². The van der Waals surface area contributed by atoms with Gasteiger partial charge < -0.3 is 0 Å². The highest BCUT2D eigenvalue weighted by Gasteiger charge is 1.78. The summed E-state index contributed by atoms with van der Waals surface area (Å²) in [6.45, 7) is 5.42. The van der Waals surface area contributed by atoms with Gasteiger partial charge in [-0.1, -0.05) is 66.7 Å². The standard InChI is InChI=1S/C8H7Cl.C5H8/c9-7-6-8-4-2-1-3-5-8;1-3-5-4-2/h1-7H;3-5H,1H2,2H3. The Labute approximate surface area is 91.2 Å². The Bertz CT molecular complexity index is 283. The average Bonchev–Trinajstić information content (AvgIpc) is 2.22. The van der Waals surface area contributed by atoms with E-state index in [-0.39, 0.29) is 0 Å². The molecule has 0 nitrogen and oxygen atoms in total. The van der Waals surface area contributed by atoms with E-state index in [0.29, 0.717) is 0 Å². The lowest BCUT2D eigenvalue weighted by Gasteiger charge is -1.86. The third-order valence-electron chi connectivity index (χ3n) is 1.38. The van der Waals surface area contributed by atoms with E-state index in [1.54, 1.807) is 6.08 Å². The van der Waals surface area contributed by atoms with Gasteiger partial charge in [-0.25, -0.2) is 0 Å². The van der Waals surface area contributed by atoms with E-state index in [1.165, 1.54) is 5.54 Å². The van der Waals surface area contributed by atoms with E-state index in [2.05, 4.69) is 6.58 Å². The first kappa shape index (κ1) is 12.7. The van der Waals surface area contributed by atoms with Crippen LogP contribution in [-0.2, 0) is 0 Å². The lowest BCUT2D eigenvalue weighted by Crippen LogP contribution is -1.64. The van der Waals surface area contributed by atoms with Crippen LogP contribution in [0.1, 0.15) is 12.5 Å². The summed E-state index contributed by atoms with van der Waals surface area (Å²) >= 11 is 5.36. The van der Waals surface area contributed by atoms with Crippen LogP contribution in [0.3, 0.4) is 0 Å². The van der Waals surface area contributed by atoms with Crippen molar-refractivity contribution in [1.82, 2.24) is 0 Å². The second-order valence-corrected chi connectivity index (χ2v) is 2.72. The van der Waals surface area contributed by atoms with Gasteiger partial charge in [0.05, 0.1) is 0 Å². The molecule has 0 spiro atoms. The number of hydrogen-bond acceptors (Lipinski definition) is 0. The third kappa shape index (κ3) is 7.38. The fourth-order valence-electron chi connectivity index (χ4n) is 0.773. The molecule has 14 heavy (non-hydrogen) atoms. The van der Waals surface area contributed by atoms with E-state index in [1.807, 2.05) is 55.5 Å². The Kier molecular flexibility index (Phi) is 8.92. The molecule has 1 aromatic rings. The molecule has 0 heterocycles. The van der Waals surface area contributed by atoms with Crippen molar-refractivity contribution in [2.24, 2.45) is 0 Å². The summed E-state index contributed by atoms with van der Waals surface area (Å²) in [5.41, 5.74) is 2.64. The first-order valence-corrected chi connectivity index (χ1v) is 4.84. The van der Waals surface area contributed by atoms with E-state index in [9.17, 15) is 0 Å². The number of halogens is 1. The van der Waals surface area contributed by atoms with Crippen molar-refractivity contribution in [1.29, 1.82) is 0 Å². The number of rotatable bonds is 2. The molecule has 0 unspecified atom stereocenters. The quantitative estimate of drug-likeness (QED) is 0.619. The summed E-state index contributed by atoms with van der Waals surface area (Å²) < 4.78 is 0. The predicted octanol–water partition coefficient (Wildman–Crippen LogP) is 4.64. The molecule has 74 valence electrons. The molecule has 0 saturated carbocycles. The lowest BCUT2D eigenvalue weighted by molar-refractivity contribution is 1.66. The molecule has 1 aromatic carbocycles. The maximum absolute atomic E-state index is 5.36. The number of hydrogen-bond donors (Lipinski definition) is 0. The average molecular weight is 207 g/mol. The van der Waals surface area contributed by atoms with Crippen molar-refractivity contribution < 1.29 is 0 Å². The Morgan fingerprint density at radius 3 is 2.21 bits per heavy atom. The number of benzene rings is 1. The van der Waals surface area contributed by atoms with Crippen LogP contribution in [0.4, 0.5) is 0 Å². The third-order valence-corrected chi connectivity index (χ3v) is 1.51. The van der Waals surface area contributed by atoms with E-state index < -0.39 is 0 Å². The SMILES string of the molecule is C=CC=CC.ClC=Cc1ccccc1. The summed E-state index contributed by atoms with van der Waals surface area (Å²) in [6.07, 6.45) is 7.43. The van der Waals surface area contributed by atoms with Crippen LogP contribution in [-0.4, -0.2) is 0 Å². The van der Waals surface area contributed by atoms with E-state index in [4.69, 9.17) is 11.6 Å². The fourth-order valence-corrected chi connectivity index (χ4v) is 0.918. The molecule has 1 heteroatoms. The van der Waals surface area contributed by atoms with Gasteiger partial charge in [0.2, 0.25) is 0 Å². The first-order chi connectivity index (χ1) is 6.85. The van der Waals surface area contributed by atoms with Crippen molar-refractivity contribution in [3.05, 3.63) is 66.2 Å². The molecule has 0 atom stereocenters. The molecule has 0 aromatic heterocycles. The highest BCUT2D eigenvalue weighted by molar-refractivity contribution is 6.27. The van der Waals surface area contributed by atoms with Crippen LogP contribution in [0.15, 0.2) is 60.7 Å². The maximum atomic E-state index is 5.36. The van der Waals surface area contributed by atoms with Crippen molar-refractivity contribution in [3.8, 4) is 0 Å². The highest BCUT2D eigenvalue weighted by atomic mass is 35.5. The topological polar surface area (TPSA) is 0 Å². The summed E-state index contributed by atoms with van der Waals surface area (Å²) in [6, 6.07) is 9.93. The summed E-state index contributed by atoms with van der Waals surface area (Å²) in [5, 5.41) is 0. The van der Waals surface area contributed by atoms with Gasteiger partial charge in [-0.2, -0.15) is 0 Å². The van der Waals surface area contributed by atoms with Crippen molar-refractivity contribution >= 4 is 17.7 Å². The van der Waals surface area contributed by atoms with Gasteiger partial charge in [0.15, 0.2) is 0 Å².